The fraction of sp³-hybridized carbons (Fsp3) is 0.833. The zero-order valence-corrected chi connectivity index (χ0v) is 36.4. The molecule has 320 valence electrons. The molecule has 1 atom stereocenters. The first-order valence-corrected chi connectivity index (χ1v) is 23.2. The van der Waals surface area contributed by atoms with Crippen molar-refractivity contribution in [3.63, 3.8) is 0 Å². The molecule has 1 aromatic rings. The minimum atomic E-state index is -0.644. The molecule has 0 aromatic heterocycles. The van der Waals surface area contributed by atoms with Crippen LogP contribution in [-0.4, -0.2) is 45.5 Å². The number of hydrogen-bond donors (Lipinski definition) is 0. The second-order valence-corrected chi connectivity index (χ2v) is 15.9. The molecule has 1 rings (SSSR count). The Morgan fingerprint density at radius 1 is 0.473 bits per heavy atom. The van der Waals surface area contributed by atoms with Crippen molar-refractivity contribution in [2.24, 2.45) is 0 Å². The average Bonchev–Trinajstić information content (AvgIpc) is 3.19. The van der Waals surface area contributed by atoms with E-state index in [0.717, 1.165) is 44.1 Å². The van der Waals surface area contributed by atoms with Gasteiger partial charge in [0.25, 0.3) is 0 Å². The van der Waals surface area contributed by atoms with Gasteiger partial charge in [-0.3, -0.25) is 9.59 Å². The molecule has 0 unspecified atom stereocenters. The Hall–Kier alpha value is -2.28. The van der Waals surface area contributed by atoms with E-state index in [-0.39, 0.29) is 25.2 Å². The first-order chi connectivity index (χ1) is 27.0. The molecule has 0 aliphatic carbocycles. The highest BCUT2D eigenvalue weighted by Gasteiger charge is 2.18. The van der Waals surface area contributed by atoms with Gasteiger partial charge in [0, 0.05) is 12.8 Å². The third-order valence-corrected chi connectivity index (χ3v) is 10.7. The van der Waals surface area contributed by atoms with Gasteiger partial charge in [-0.25, -0.2) is 0 Å². The molecule has 0 radical (unpaired) electrons. The molecule has 0 aliphatic rings. The van der Waals surface area contributed by atoms with Gasteiger partial charge in [0.15, 0.2) is 17.6 Å². The number of carbonyl (C=O) groups excluding carboxylic acids is 2. The van der Waals surface area contributed by atoms with Crippen molar-refractivity contribution in [3.05, 3.63) is 23.8 Å². The van der Waals surface area contributed by atoms with Crippen LogP contribution in [0.15, 0.2) is 18.2 Å². The summed E-state index contributed by atoms with van der Waals surface area (Å²) in [5.74, 6) is 0.784. The standard InChI is InChI=1S/C48H86O7/c1-5-7-9-11-13-15-17-19-21-23-25-27-29-31-33-35-47(49)54-42-44(41-53-40-43-37-38-45(51-3)46(39-43)52-4)55-48(50)36-34-32-30-28-26-24-22-20-18-16-14-12-10-8-6-2/h37-39,44H,5-36,40-42H2,1-4H3/t44-/m0/s1. The average molecular weight is 775 g/mol. The lowest BCUT2D eigenvalue weighted by atomic mass is 10.0. The summed E-state index contributed by atoms with van der Waals surface area (Å²) in [6.45, 7) is 5.01. The molecule has 55 heavy (non-hydrogen) atoms. The van der Waals surface area contributed by atoms with Crippen molar-refractivity contribution in [3.8, 4) is 11.5 Å². The zero-order chi connectivity index (χ0) is 39.9. The predicted molar refractivity (Wildman–Crippen MR) is 229 cm³/mol. The summed E-state index contributed by atoms with van der Waals surface area (Å²) >= 11 is 0. The summed E-state index contributed by atoms with van der Waals surface area (Å²) in [6.07, 6.45) is 38.7. The number of unbranched alkanes of at least 4 members (excludes halogenated alkanes) is 28. The Kier molecular flexibility index (Phi) is 35.6. The van der Waals surface area contributed by atoms with Crippen LogP contribution in [0.5, 0.6) is 11.5 Å². The van der Waals surface area contributed by atoms with Gasteiger partial charge >= 0.3 is 11.9 Å². The van der Waals surface area contributed by atoms with E-state index in [1.807, 2.05) is 18.2 Å². The van der Waals surface area contributed by atoms with Crippen LogP contribution < -0.4 is 9.47 Å². The van der Waals surface area contributed by atoms with Gasteiger partial charge in [0.05, 0.1) is 27.4 Å². The van der Waals surface area contributed by atoms with E-state index in [1.54, 1.807) is 14.2 Å². The van der Waals surface area contributed by atoms with Crippen molar-refractivity contribution >= 4 is 11.9 Å². The Labute approximate surface area is 339 Å². The molecule has 1 aromatic carbocycles. The van der Waals surface area contributed by atoms with Crippen molar-refractivity contribution in [2.45, 2.75) is 232 Å². The minimum absolute atomic E-state index is 0.00804. The Morgan fingerprint density at radius 3 is 1.25 bits per heavy atom. The molecule has 0 saturated carbocycles. The molecule has 0 aliphatic heterocycles. The SMILES string of the molecule is CCCCCCCCCCCCCCCCCC(=O)OC[C@H](COCc1ccc(OC)c(OC)c1)OC(=O)CCCCCCCCCCCCCCCCC. The number of rotatable bonds is 41. The Balaban J connectivity index is 2.28. The van der Waals surface area contributed by atoms with Crippen LogP contribution >= 0.6 is 0 Å². The summed E-state index contributed by atoms with van der Waals surface area (Å²) in [5.41, 5.74) is 0.908. The molecule has 7 heteroatoms. The summed E-state index contributed by atoms with van der Waals surface area (Å²) in [7, 11) is 3.21. The molecule has 7 nitrogen and oxygen atoms in total. The van der Waals surface area contributed by atoms with Gasteiger partial charge < -0.3 is 23.7 Å². The van der Waals surface area contributed by atoms with Crippen molar-refractivity contribution in [1.29, 1.82) is 0 Å². The van der Waals surface area contributed by atoms with Crippen molar-refractivity contribution in [1.82, 2.24) is 0 Å². The largest absolute Gasteiger partial charge is 0.493 e. The second kappa shape index (κ2) is 38.6. The summed E-state index contributed by atoms with van der Waals surface area (Å²) in [5, 5.41) is 0. The van der Waals surface area contributed by atoms with Gasteiger partial charge in [-0.2, -0.15) is 0 Å². The normalized spacial score (nSPS) is 11.8. The topological polar surface area (TPSA) is 80.3 Å². The van der Waals surface area contributed by atoms with Crippen LogP contribution in [0.4, 0.5) is 0 Å². The van der Waals surface area contributed by atoms with Crippen LogP contribution in [0.3, 0.4) is 0 Å². The van der Waals surface area contributed by atoms with Crippen LogP contribution in [0, 0.1) is 0 Å². The molecule has 0 spiro atoms. The molecule has 0 N–H and O–H groups in total. The van der Waals surface area contributed by atoms with Gasteiger partial charge in [-0.05, 0) is 30.5 Å². The Morgan fingerprint density at radius 2 is 0.855 bits per heavy atom. The van der Waals surface area contributed by atoms with E-state index in [2.05, 4.69) is 13.8 Å². The summed E-state index contributed by atoms with van der Waals surface area (Å²) in [6, 6.07) is 5.62. The van der Waals surface area contributed by atoms with E-state index in [0.29, 0.717) is 30.9 Å². The quantitative estimate of drug-likeness (QED) is 0.0484. The first-order valence-electron chi connectivity index (χ1n) is 23.2. The molecular weight excluding hydrogens is 689 g/mol. The zero-order valence-electron chi connectivity index (χ0n) is 36.4. The Bertz CT molecular complexity index is 1010. The molecule has 0 saturated heterocycles. The third-order valence-electron chi connectivity index (χ3n) is 10.7. The number of hydrogen-bond acceptors (Lipinski definition) is 7. The minimum Gasteiger partial charge on any atom is -0.493 e. The highest BCUT2D eigenvalue weighted by molar-refractivity contribution is 5.70. The third kappa shape index (κ3) is 31.5. The lowest BCUT2D eigenvalue weighted by Gasteiger charge is -2.18. The lowest BCUT2D eigenvalue weighted by molar-refractivity contribution is -0.163. The van der Waals surface area contributed by atoms with Gasteiger partial charge in [-0.15, -0.1) is 0 Å². The molecule has 0 fully saturated rings. The lowest BCUT2D eigenvalue weighted by Crippen LogP contribution is -2.29. The molecule has 0 amide bonds. The van der Waals surface area contributed by atoms with Gasteiger partial charge in [0.1, 0.15) is 6.61 Å². The number of ether oxygens (including phenoxy) is 5. The molecular formula is C48H86O7. The van der Waals surface area contributed by atoms with E-state index in [1.165, 1.54) is 154 Å². The van der Waals surface area contributed by atoms with E-state index >= 15 is 0 Å². The number of carbonyl (C=O) groups is 2. The highest BCUT2D eigenvalue weighted by Crippen LogP contribution is 2.28. The number of esters is 2. The van der Waals surface area contributed by atoms with Gasteiger partial charge in [0.2, 0.25) is 0 Å². The van der Waals surface area contributed by atoms with Crippen LogP contribution in [-0.2, 0) is 30.4 Å². The van der Waals surface area contributed by atoms with Crippen LogP contribution in [0.25, 0.3) is 0 Å². The maximum absolute atomic E-state index is 12.8. The van der Waals surface area contributed by atoms with E-state index in [9.17, 15) is 9.59 Å². The predicted octanol–water partition coefficient (Wildman–Crippen LogP) is 14.2. The summed E-state index contributed by atoms with van der Waals surface area (Å²) < 4.78 is 28.1. The second-order valence-electron chi connectivity index (χ2n) is 15.9. The first kappa shape index (κ1) is 50.7. The summed E-state index contributed by atoms with van der Waals surface area (Å²) in [4.78, 5) is 25.4. The van der Waals surface area contributed by atoms with Crippen molar-refractivity contribution in [2.75, 3.05) is 27.4 Å². The monoisotopic (exact) mass is 775 g/mol. The van der Waals surface area contributed by atoms with Crippen LogP contribution in [0.2, 0.25) is 0 Å². The van der Waals surface area contributed by atoms with E-state index in [4.69, 9.17) is 23.7 Å². The van der Waals surface area contributed by atoms with Gasteiger partial charge in [-0.1, -0.05) is 200 Å². The maximum Gasteiger partial charge on any atom is 0.306 e. The smallest absolute Gasteiger partial charge is 0.306 e. The highest BCUT2D eigenvalue weighted by atomic mass is 16.6. The molecule has 0 heterocycles. The van der Waals surface area contributed by atoms with E-state index < -0.39 is 6.10 Å². The number of methoxy groups -OCH3 is 2. The maximum atomic E-state index is 12.8. The van der Waals surface area contributed by atoms with Crippen LogP contribution in [0.1, 0.15) is 225 Å². The fourth-order valence-electron chi connectivity index (χ4n) is 7.18. The molecule has 0 bridgehead atoms. The van der Waals surface area contributed by atoms with Crippen molar-refractivity contribution < 1.29 is 33.3 Å². The number of benzene rings is 1. The fourth-order valence-corrected chi connectivity index (χ4v) is 7.18.